The van der Waals surface area contributed by atoms with Crippen LogP contribution in [0.4, 0.5) is 5.69 Å². The summed E-state index contributed by atoms with van der Waals surface area (Å²) in [5.41, 5.74) is 11.2. The van der Waals surface area contributed by atoms with Crippen molar-refractivity contribution in [3.05, 3.63) is 181 Å². The van der Waals surface area contributed by atoms with E-state index in [0.29, 0.717) is 5.82 Å². The lowest BCUT2D eigenvalue weighted by Gasteiger charge is -2.19. The summed E-state index contributed by atoms with van der Waals surface area (Å²) >= 11 is 0. The highest BCUT2D eigenvalue weighted by molar-refractivity contribution is 6.07. The van der Waals surface area contributed by atoms with E-state index in [9.17, 15) is 0 Å². The monoisotopic (exact) mass is 629 g/mol. The molecule has 0 saturated heterocycles. The van der Waals surface area contributed by atoms with Gasteiger partial charge in [-0.1, -0.05) is 164 Å². The van der Waals surface area contributed by atoms with Crippen LogP contribution >= 0.6 is 0 Å². The Bertz CT molecular complexity index is 2390. The van der Waals surface area contributed by atoms with E-state index in [2.05, 4.69) is 127 Å². The van der Waals surface area contributed by atoms with Gasteiger partial charge in [-0.15, -0.1) is 0 Å². The molecule has 1 N–H and O–H groups in total. The maximum Gasteiger partial charge on any atom is 0.196 e. The number of nitrogens with one attached hydrogen (secondary N) is 1. The van der Waals surface area contributed by atoms with Gasteiger partial charge < -0.3 is 10.1 Å². The average molecular weight is 630 g/mol. The second-order valence-electron chi connectivity index (χ2n) is 12.2. The summed E-state index contributed by atoms with van der Waals surface area (Å²) in [6, 6.07) is 60.9. The van der Waals surface area contributed by atoms with Gasteiger partial charge in [0.15, 0.2) is 17.8 Å². The van der Waals surface area contributed by atoms with Crippen molar-refractivity contribution in [1.29, 1.82) is 0 Å². The fraction of sp³-hybridized carbons (Fsp3) is 0.0222. The molecule has 1 aliphatic rings. The third-order valence-electron chi connectivity index (χ3n) is 9.16. The van der Waals surface area contributed by atoms with Gasteiger partial charge >= 0.3 is 0 Å². The van der Waals surface area contributed by atoms with Crippen LogP contribution in [0, 0.1) is 0 Å². The SMILES string of the molecule is c1ccc(-c2cc(-c3ccccc3)nc(-c3ccccc3-c3ccc4ccccc4c3-c3cccc4c3OC(c3ccccc3)N4)n2)cc1. The first-order valence-corrected chi connectivity index (χ1v) is 16.5. The van der Waals surface area contributed by atoms with Gasteiger partial charge in [0.05, 0.1) is 17.1 Å². The molecule has 0 aliphatic carbocycles. The fourth-order valence-electron chi connectivity index (χ4n) is 6.82. The maximum atomic E-state index is 6.73. The number of nitrogens with zero attached hydrogens (tertiary/aromatic N) is 2. The summed E-state index contributed by atoms with van der Waals surface area (Å²) in [4.78, 5) is 10.4. The summed E-state index contributed by atoms with van der Waals surface area (Å²) < 4.78 is 6.73. The quantitative estimate of drug-likeness (QED) is 0.199. The van der Waals surface area contributed by atoms with Crippen LogP contribution in [0.25, 0.3) is 66.9 Å². The molecule has 1 aliphatic heterocycles. The Kier molecular flexibility index (Phi) is 7.17. The zero-order valence-corrected chi connectivity index (χ0v) is 26.6. The number of hydrogen-bond donors (Lipinski definition) is 1. The third-order valence-corrected chi connectivity index (χ3v) is 9.16. The number of para-hydroxylation sites is 1. The molecule has 49 heavy (non-hydrogen) atoms. The summed E-state index contributed by atoms with van der Waals surface area (Å²) in [6.45, 7) is 0. The van der Waals surface area contributed by atoms with E-state index in [4.69, 9.17) is 14.7 Å². The van der Waals surface area contributed by atoms with Crippen molar-refractivity contribution < 1.29 is 4.74 Å². The first-order chi connectivity index (χ1) is 24.3. The molecule has 0 bridgehead atoms. The molecule has 4 nitrogen and oxygen atoms in total. The molecule has 0 spiro atoms. The van der Waals surface area contributed by atoms with E-state index in [-0.39, 0.29) is 6.23 Å². The number of fused-ring (bicyclic) bond motifs is 2. The lowest BCUT2D eigenvalue weighted by atomic mass is 9.87. The molecule has 2 heterocycles. The maximum absolute atomic E-state index is 6.73. The lowest BCUT2D eigenvalue weighted by molar-refractivity contribution is 0.261. The number of aromatic nitrogens is 2. The summed E-state index contributed by atoms with van der Waals surface area (Å²) in [5.74, 6) is 1.52. The van der Waals surface area contributed by atoms with Gasteiger partial charge in [-0.3, -0.25) is 0 Å². The minimum Gasteiger partial charge on any atom is -0.464 e. The predicted molar refractivity (Wildman–Crippen MR) is 200 cm³/mol. The minimum atomic E-state index is -0.270. The molecule has 0 saturated carbocycles. The highest BCUT2D eigenvalue weighted by atomic mass is 16.5. The van der Waals surface area contributed by atoms with Crippen LogP contribution in [0.15, 0.2) is 176 Å². The molecule has 7 aromatic carbocycles. The van der Waals surface area contributed by atoms with Crippen molar-refractivity contribution >= 4 is 16.5 Å². The third kappa shape index (κ3) is 5.30. The van der Waals surface area contributed by atoms with Crippen LogP contribution in [-0.4, -0.2) is 9.97 Å². The van der Waals surface area contributed by atoms with Crippen LogP contribution < -0.4 is 10.1 Å². The van der Waals surface area contributed by atoms with E-state index in [1.54, 1.807) is 0 Å². The van der Waals surface area contributed by atoms with Crippen molar-refractivity contribution in [3.8, 4) is 61.9 Å². The molecule has 1 unspecified atom stereocenters. The zero-order chi connectivity index (χ0) is 32.6. The molecular weight excluding hydrogens is 599 g/mol. The molecular formula is C45H31N3O. The molecule has 1 atom stereocenters. The molecule has 8 aromatic rings. The summed E-state index contributed by atoms with van der Waals surface area (Å²) in [7, 11) is 0. The van der Waals surface area contributed by atoms with Crippen molar-refractivity contribution in [2.45, 2.75) is 6.23 Å². The second kappa shape index (κ2) is 12.3. The standard InChI is InChI=1S/C45H31N3O/c1-4-16-31(17-5-1)40-29-41(32-18-6-2-7-19-32)47-44(46-40)37-24-13-12-23-35(37)36-28-27-30-15-10-11-22-34(30)42(36)38-25-14-26-39-43(38)49-45(48-39)33-20-8-3-9-21-33/h1-29,45,48H. The first-order valence-electron chi connectivity index (χ1n) is 16.5. The Labute approximate surface area is 285 Å². The van der Waals surface area contributed by atoms with E-state index in [0.717, 1.165) is 78.1 Å². The minimum absolute atomic E-state index is 0.270. The predicted octanol–water partition coefficient (Wildman–Crippen LogP) is 11.5. The molecule has 232 valence electrons. The molecule has 0 fully saturated rings. The smallest absolute Gasteiger partial charge is 0.196 e. The van der Waals surface area contributed by atoms with Gasteiger partial charge in [0.1, 0.15) is 0 Å². The van der Waals surface area contributed by atoms with Gasteiger partial charge in [-0.2, -0.15) is 0 Å². The van der Waals surface area contributed by atoms with Crippen LogP contribution in [0.1, 0.15) is 11.8 Å². The number of hydrogen-bond acceptors (Lipinski definition) is 4. The highest BCUT2D eigenvalue weighted by Crippen LogP contribution is 2.50. The van der Waals surface area contributed by atoms with Crippen molar-refractivity contribution in [2.24, 2.45) is 0 Å². The van der Waals surface area contributed by atoms with Crippen LogP contribution in [0.5, 0.6) is 5.75 Å². The number of anilines is 1. The molecule has 0 radical (unpaired) electrons. The zero-order valence-electron chi connectivity index (χ0n) is 26.6. The molecule has 0 amide bonds. The largest absolute Gasteiger partial charge is 0.464 e. The Morgan fingerprint density at radius 2 is 1.06 bits per heavy atom. The van der Waals surface area contributed by atoms with Gasteiger partial charge in [0.2, 0.25) is 0 Å². The lowest BCUT2D eigenvalue weighted by Crippen LogP contribution is -2.09. The average Bonchev–Trinajstić information content (AvgIpc) is 3.63. The van der Waals surface area contributed by atoms with Gasteiger partial charge in [-0.05, 0) is 34.0 Å². The Morgan fingerprint density at radius 3 is 1.78 bits per heavy atom. The number of rotatable bonds is 6. The van der Waals surface area contributed by atoms with Gasteiger partial charge in [0.25, 0.3) is 0 Å². The van der Waals surface area contributed by atoms with Crippen LogP contribution in [0.3, 0.4) is 0 Å². The van der Waals surface area contributed by atoms with E-state index in [1.807, 2.05) is 54.6 Å². The van der Waals surface area contributed by atoms with Crippen molar-refractivity contribution in [2.75, 3.05) is 5.32 Å². The van der Waals surface area contributed by atoms with Gasteiger partial charge in [0, 0.05) is 33.4 Å². The van der Waals surface area contributed by atoms with E-state index in [1.165, 1.54) is 0 Å². The summed E-state index contributed by atoms with van der Waals surface area (Å²) in [5, 5.41) is 5.92. The topological polar surface area (TPSA) is 47.0 Å². The number of ether oxygens (including phenoxy) is 1. The second-order valence-corrected chi connectivity index (χ2v) is 12.2. The fourth-order valence-corrected chi connectivity index (χ4v) is 6.82. The molecule has 1 aromatic heterocycles. The van der Waals surface area contributed by atoms with Crippen molar-refractivity contribution in [1.82, 2.24) is 9.97 Å². The Hall–Kier alpha value is -6.52. The van der Waals surface area contributed by atoms with Gasteiger partial charge in [-0.25, -0.2) is 9.97 Å². The highest BCUT2D eigenvalue weighted by Gasteiger charge is 2.28. The Morgan fingerprint density at radius 1 is 0.469 bits per heavy atom. The van der Waals surface area contributed by atoms with Crippen molar-refractivity contribution in [3.63, 3.8) is 0 Å². The van der Waals surface area contributed by atoms with Crippen LogP contribution in [-0.2, 0) is 0 Å². The van der Waals surface area contributed by atoms with Crippen LogP contribution in [0.2, 0.25) is 0 Å². The Balaban J connectivity index is 1.26. The first kappa shape index (κ1) is 28.7. The number of benzene rings is 7. The molecule has 9 rings (SSSR count). The van der Waals surface area contributed by atoms with E-state index >= 15 is 0 Å². The normalized spacial score (nSPS) is 13.4. The summed E-state index contributed by atoms with van der Waals surface area (Å²) in [6.07, 6.45) is -0.270. The van der Waals surface area contributed by atoms with E-state index < -0.39 is 0 Å². The molecule has 4 heteroatoms.